The van der Waals surface area contributed by atoms with E-state index in [1.165, 1.54) is 11.1 Å². The van der Waals surface area contributed by atoms with Gasteiger partial charge < -0.3 is 0 Å². The topological polar surface area (TPSA) is 33.2 Å². The Labute approximate surface area is 195 Å². The van der Waals surface area contributed by atoms with Crippen LogP contribution in [-0.2, 0) is 23.1 Å². The molecule has 0 radical (unpaired) electrons. The molecule has 0 saturated heterocycles. The molecular formula is C28H25ClN2O. The molecule has 0 N–H and O–H groups in total. The molecule has 1 aromatic heterocycles. The zero-order valence-electron chi connectivity index (χ0n) is 17.9. The molecule has 1 aliphatic heterocycles. The molecule has 3 aromatic carbocycles. The Balaban J connectivity index is 0.00000245. The van der Waals surface area contributed by atoms with E-state index < -0.39 is 5.41 Å². The lowest BCUT2D eigenvalue weighted by atomic mass is 9.71. The lowest BCUT2D eigenvalue weighted by molar-refractivity contribution is -0.122. The third-order valence-corrected chi connectivity index (χ3v) is 6.30. The minimum absolute atomic E-state index is 0. The maximum atomic E-state index is 14.3. The first-order valence-electron chi connectivity index (χ1n) is 10.6. The quantitative estimate of drug-likeness (QED) is 0.369. The van der Waals surface area contributed by atoms with Gasteiger partial charge in [0.2, 0.25) is 5.91 Å². The first-order chi connectivity index (χ1) is 15.2. The van der Waals surface area contributed by atoms with Gasteiger partial charge in [0, 0.05) is 18.1 Å². The zero-order valence-corrected chi connectivity index (χ0v) is 18.8. The Morgan fingerprint density at radius 1 is 0.781 bits per heavy atom. The molecule has 32 heavy (non-hydrogen) atoms. The second-order valence-corrected chi connectivity index (χ2v) is 8.21. The monoisotopic (exact) mass is 440 g/mol. The van der Waals surface area contributed by atoms with E-state index in [1.54, 1.807) is 12.4 Å². The van der Waals surface area contributed by atoms with Crippen molar-refractivity contribution in [3.8, 4) is 0 Å². The minimum Gasteiger partial charge on any atom is -0.280 e. The normalized spacial score (nSPS) is 17.0. The number of fused-ring (bicyclic) bond motifs is 1. The number of hydrogen-bond donors (Lipinski definition) is 0. The summed E-state index contributed by atoms with van der Waals surface area (Å²) in [5, 5.41) is 0. The number of carbonyl (C=O) groups is 1. The Morgan fingerprint density at radius 3 is 2.19 bits per heavy atom. The van der Waals surface area contributed by atoms with Gasteiger partial charge in [0.25, 0.3) is 0 Å². The Kier molecular flexibility index (Phi) is 6.11. The molecular weight excluding hydrogens is 416 g/mol. The maximum Gasteiger partial charge on any atom is 0.242 e. The molecule has 0 bridgehead atoms. The van der Waals surface area contributed by atoms with Crippen molar-refractivity contribution < 1.29 is 4.79 Å². The van der Waals surface area contributed by atoms with E-state index in [-0.39, 0.29) is 18.3 Å². The highest BCUT2D eigenvalue weighted by Gasteiger charge is 2.51. The van der Waals surface area contributed by atoms with Gasteiger partial charge in [-0.15, -0.1) is 12.4 Å². The predicted octanol–water partition coefficient (Wildman–Crippen LogP) is 6.21. The second kappa shape index (κ2) is 8.97. The number of anilines is 2. The number of carbonyl (C=O) groups excluding carboxylic acids is 1. The van der Waals surface area contributed by atoms with Gasteiger partial charge in [-0.2, -0.15) is 0 Å². The third kappa shape index (κ3) is 3.69. The largest absolute Gasteiger partial charge is 0.280 e. The summed E-state index contributed by atoms with van der Waals surface area (Å²) >= 11 is 0. The van der Waals surface area contributed by atoms with Gasteiger partial charge in [-0.1, -0.05) is 60.7 Å². The number of amides is 1. The number of aryl methyl sites for hydroxylation is 1. The van der Waals surface area contributed by atoms with Gasteiger partial charge in [-0.05, 0) is 72.4 Å². The lowest BCUT2D eigenvalue weighted by Gasteiger charge is -2.30. The molecule has 1 atom stereocenters. The molecule has 0 spiro atoms. The molecule has 1 unspecified atom stereocenters. The number of pyridine rings is 1. The summed E-state index contributed by atoms with van der Waals surface area (Å²) in [6.45, 7) is 2.12. The van der Waals surface area contributed by atoms with E-state index in [1.807, 2.05) is 59.5 Å². The minimum atomic E-state index is -0.681. The fraction of sp³-hybridized carbons (Fsp3) is 0.143. The Bertz CT molecular complexity index is 1230. The highest BCUT2D eigenvalue weighted by Crippen LogP contribution is 2.49. The molecule has 1 amide bonds. The van der Waals surface area contributed by atoms with Crippen molar-refractivity contribution in [1.82, 2.24) is 4.98 Å². The first kappa shape index (κ1) is 21.8. The van der Waals surface area contributed by atoms with Gasteiger partial charge in [0.15, 0.2) is 0 Å². The van der Waals surface area contributed by atoms with Crippen LogP contribution < -0.4 is 4.90 Å². The average molecular weight is 441 g/mol. The van der Waals surface area contributed by atoms with Crippen LogP contribution in [0.3, 0.4) is 0 Å². The van der Waals surface area contributed by atoms with Crippen LogP contribution >= 0.6 is 12.4 Å². The third-order valence-electron chi connectivity index (χ3n) is 6.30. The second-order valence-electron chi connectivity index (χ2n) is 8.21. The molecule has 4 heteroatoms. The number of halogens is 1. The molecule has 0 aliphatic carbocycles. The highest BCUT2D eigenvalue weighted by atomic mass is 35.5. The van der Waals surface area contributed by atoms with Gasteiger partial charge in [-0.3, -0.25) is 14.7 Å². The van der Waals surface area contributed by atoms with E-state index in [0.29, 0.717) is 12.8 Å². The molecule has 1 aliphatic rings. The van der Waals surface area contributed by atoms with Gasteiger partial charge in [-0.25, -0.2) is 0 Å². The Hall–Kier alpha value is -3.43. The highest BCUT2D eigenvalue weighted by molar-refractivity contribution is 6.13. The van der Waals surface area contributed by atoms with Crippen molar-refractivity contribution in [2.45, 2.75) is 25.2 Å². The molecule has 0 saturated carbocycles. The van der Waals surface area contributed by atoms with Crippen LogP contribution in [0, 0.1) is 6.92 Å². The van der Waals surface area contributed by atoms with Crippen LogP contribution in [0.4, 0.5) is 11.4 Å². The first-order valence-corrected chi connectivity index (χ1v) is 10.6. The lowest BCUT2D eigenvalue weighted by Crippen LogP contribution is -2.42. The van der Waals surface area contributed by atoms with Crippen LogP contribution in [0.25, 0.3) is 0 Å². The summed E-state index contributed by atoms with van der Waals surface area (Å²) in [5.74, 6) is 0.125. The summed E-state index contributed by atoms with van der Waals surface area (Å²) in [6.07, 6.45) is 4.89. The number of aromatic nitrogens is 1. The zero-order chi connectivity index (χ0) is 21.3. The number of hydrogen-bond acceptors (Lipinski definition) is 2. The van der Waals surface area contributed by atoms with Crippen molar-refractivity contribution in [1.29, 1.82) is 0 Å². The maximum absolute atomic E-state index is 14.3. The molecule has 3 nitrogen and oxygen atoms in total. The van der Waals surface area contributed by atoms with E-state index in [2.05, 4.69) is 48.3 Å². The predicted molar refractivity (Wildman–Crippen MR) is 132 cm³/mol. The van der Waals surface area contributed by atoms with Crippen molar-refractivity contribution in [3.05, 3.63) is 126 Å². The van der Waals surface area contributed by atoms with Gasteiger partial charge in [0.1, 0.15) is 0 Å². The number of benzene rings is 3. The molecule has 160 valence electrons. The smallest absolute Gasteiger partial charge is 0.242 e. The summed E-state index contributed by atoms with van der Waals surface area (Å²) in [4.78, 5) is 20.4. The SMILES string of the molecule is Cc1ccccc1CC1(Cc2ccncc2)C(=O)N(c2ccccc2)c2ccccc21.Cl. The molecule has 5 rings (SSSR count). The summed E-state index contributed by atoms with van der Waals surface area (Å²) < 4.78 is 0. The van der Waals surface area contributed by atoms with Crippen LogP contribution in [0.15, 0.2) is 103 Å². The van der Waals surface area contributed by atoms with Crippen molar-refractivity contribution in [3.63, 3.8) is 0 Å². The van der Waals surface area contributed by atoms with E-state index >= 15 is 0 Å². The Morgan fingerprint density at radius 2 is 1.44 bits per heavy atom. The van der Waals surface area contributed by atoms with Crippen molar-refractivity contribution >= 4 is 29.7 Å². The molecule has 4 aromatic rings. The average Bonchev–Trinajstić information content (AvgIpc) is 3.04. The summed E-state index contributed by atoms with van der Waals surface area (Å²) in [6, 6.07) is 30.6. The van der Waals surface area contributed by atoms with Crippen LogP contribution in [-0.4, -0.2) is 10.9 Å². The number of para-hydroxylation sites is 2. The molecule has 2 heterocycles. The number of nitrogens with zero attached hydrogens (tertiary/aromatic N) is 2. The fourth-order valence-electron chi connectivity index (χ4n) is 4.73. The van der Waals surface area contributed by atoms with Crippen LogP contribution in [0.2, 0.25) is 0 Å². The van der Waals surface area contributed by atoms with Crippen molar-refractivity contribution in [2.75, 3.05) is 4.90 Å². The van der Waals surface area contributed by atoms with E-state index in [4.69, 9.17) is 0 Å². The van der Waals surface area contributed by atoms with Crippen molar-refractivity contribution in [2.24, 2.45) is 0 Å². The summed E-state index contributed by atoms with van der Waals surface area (Å²) in [7, 11) is 0. The van der Waals surface area contributed by atoms with Gasteiger partial charge in [0.05, 0.1) is 11.1 Å². The molecule has 0 fully saturated rings. The summed E-state index contributed by atoms with van der Waals surface area (Å²) in [5.41, 5.74) is 5.81. The van der Waals surface area contributed by atoms with Crippen LogP contribution in [0.5, 0.6) is 0 Å². The number of rotatable bonds is 5. The van der Waals surface area contributed by atoms with E-state index in [9.17, 15) is 4.79 Å². The fourth-order valence-corrected chi connectivity index (χ4v) is 4.73. The van der Waals surface area contributed by atoms with E-state index in [0.717, 1.165) is 22.5 Å². The standard InChI is InChI=1S/C28H24N2O.ClH/c1-21-9-5-6-10-23(21)20-28(19-22-15-17-29-18-16-22)25-13-7-8-14-26(25)30(27(28)31)24-11-3-2-4-12-24;/h2-18H,19-20H2,1H3;1H. The van der Waals surface area contributed by atoms with Gasteiger partial charge >= 0.3 is 0 Å². The van der Waals surface area contributed by atoms with Crippen LogP contribution in [0.1, 0.15) is 22.3 Å².